The Morgan fingerprint density at radius 3 is 2.13 bits per heavy atom. The van der Waals surface area contributed by atoms with Gasteiger partial charge < -0.3 is 19.9 Å². The average Bonchev–Trinajstić information content (AvgIpc) is 3.62. The largest absolute Gasteiger partial charge is 0.481 e. The molecule has 3 aromatic rings. The smallest absolute Gasteiger partial charge is 0.416 e. The van der Waals surface area contributed by atoms with Gasteiger partial charge in [-0.2, -0.15) is 13.2 Å². The minimum atomic E-state index is -4.85. The standard InChI is InChI=1S/C41H45F6N3O4/c1-6-25-18-29(36-23(4)16-27(42)17-24(36)5)39(44)37(38(25)43)32(20-35(52)53)48-40(54)33(15-22(2)3)50-21-30(31(19-34(50)51)41(45,46)47)26-11-13-49(14-12-26)28-9-7-8-10-28/h1,16-19,21-22,26,28,32-33H,7-15,20H2,2-5H3,(H,48,54)(H,52,53)/t32-,33-/m0/s1. The number of pyridine rings is 1. The first-order valence-corrected chi connectivity index (χ1v) is 18.3. The van der Waals surface area contributed by atoms with E-state index in [4.69, 9.17) is 6.42 Å². The highest BCUT2D eigenvalue weighted by Crippen LogP contribution is 2.41. The normalized spacial score (nSPS) is 17.1. The van der Waals surface area contributed by atoms with Crippen LogP contribution in [-0.4, -0.2) is 45.6 Å². The third-order valence-corrected chi connectivity index (χ3v) is 10.8. The summed E-state index contributed by atoms with van der Waals surface area (Å²) in [4.78, 5) is 42.2. The fourth-order valence-electron chi connectivity index (χ4n) is 8.27. The molecule has 2 aromatic carbocycles. The summed E-state index contributed by atoms with van der Waals surface area (Å²) in [5.41, 5.74) is -3.12. The number of carbonyl (C=O) groups is 2. The van der Waals surface area contributed by atoms with E-state index in [9.17, 15) is 37.1 Å². The highest BCUT2D eigenvalue weighted by molar-refractivity contribution is 5.82. The van der Waals surface area contributed by atoms with E-state index in [1.54, 1.807) is 13.8 Å². The first-order chi connectivity index (χ1) is 25.4. The van der Waals surface area contributed by atoms with Crippen LogP contribution in [0.3, 0.4) is 0 Å². The maximum absolute atomic E-state index is 16.6. The summed E-state index contributed by atoms with van der Waals surface area (Å²) in [6.45, 7) is 7.63. The Morgan fingerprint density at radius 1 is 0.981 bits per heavy atom. The molecule has 1 amide bonds. The molecule has 2 fully saturated rings. The molecule has 290 valence electrons. The number of nitrogens with one attached hydrogen (secondary N) is 1. The molecule has 0 bridgehead atoms. The number of carboxylic acids is 1. The van der Waals surface area contributed by atoms with Gasteiger partial charge in [0.15, 0.2) is 0 Å². The molecule has 2 atom stereocenters. The number of aliphatic carboxylic acids is 1. The van der Waals surface area contributed by atoms with Gasteiger partial charge in [-0.3, -0.25) is 14.4 Å². The number of aromatic nitrogens is 1. The van der Waals surface area contributed by atoms with E-state index < -0.39 is 82.2 Å². The molecule has 0 unspecified atom stereocenters. The van der Waals surface area contributed by atoms with Crippen molar-refractivity contribution in [3.63, 3.8) is 0 Å². The number of amides is 1. The molecule has 1 aliphatic carbocycles. The van der Waals surface area contributed by atoms with Crippen molar-refractivity contribution in [1.29, 1.82) is 0 Å². The van der Waals surface area contributed by atoms with Crippen molar-refractivity contribution in [3.8, 4) is 23.5 Å². The van der Waals surface area contributed by atoms with Crippen molar-refractivity contribution < 1.29 is 41.0 Å². The van der Waals surface area contributed by atoms with Gasteiger partial charge in [0.1, 0.15) is 23.5 Å². The molecule has 2 aliphatic rings. The summed E-state index contributed by atoms with van der Waals surface area (Å²) >= 11 is 0. The topological polar surface area (TPSA) is 91.6 Å². The molecule has 1 aromatic heterocycles. The summed E-state index contributed by atoms with van der Waals surface area (Å²) in [6.07, 6.45) is 5.86. The number of carbonyl (C=O) groups excluding carboxylic acids is 1. The van der Waals surface area contributed by atoms with Crippen LogP contribution in [0.2, 0.25) is 0 Å². The molecule has 0 radical (unpaired) electrons. The highest BCUT2D eigenvalue weighted by atomic mass is 19.4. The summed E-state index contributed by atoms with van der Waals surface area (Å²) in [7, 11) is 0. The van der Waals surface area contributed by atoms with E-state index in [1.807, 2.05) is 0 Å². The van der Waals surface area contributed by atoms with E-state index in [0.717, 1.165) is 54.6 Å². The van der Waals surface area contributed by atoms with Crippen molar-refractivity contribution in [2.24, 2.45) is 5.92 Å². The molecule has 1 aliphatic heterocycles. The van der Waals surface area contributed by atoms with Gasteiger partial charge in [0.25, 0.3) is 5.56 Å². The van der Waals surface area contributed by atoms with Crippen LogP contribution in [0.15, 0.2) is 35.3 Å². The Morgan fingerprint density at radius 2 is 1.59 bits per heavy atom. The molecular weight excluding hydrogens is 712 g/mol. The highest BCUT2D eigenvalue weighted by Gasteiger charge is 2.39. The summed E-state index contributed by atoms with van der Waals surface area (Å²) in [5.74, 6) is -4.45. The van der Waals surface area contributed by atoms with E-state index in [0.29, 0.717) is 38.0 Å². The number of hydrogen-bond donors (Lipinski definition) is 2. The van der Waals surface area contributed by atoms with Gasteiger partial charge in [-0.25, -0.2) is 13.2 Å². The van der Waals surface area contributed by atoms with Crippen molar-refractivity contribution in [2.45, 2.75) is 109 Å². The zero-order valence-electron chi connectivity index (χ0n) is 30.8. The van der Waals surface area contributed by atoms with Crippen LogP contribution >= 0.6 is 0 Å². The second kappa shape index (κ2) is 16.4. The zero-order chi connectivity index (χ0) is 39.6. The van der Waals surface area contributed by atoms with Crippen molar-refractivity contribution >= 4 is 11.9 Å². The number of hydrogen-bond acceptors (Lipinski definition) is 4. The zero-order valence-corrected chi connectivity index (χ0v) is 30.8. The molecule has 5 rings (SSSR count). The molecule has 0 spiro atoms. The lowest BCUT2D eigenvalue weighted by Gasteiger charge is -2.37. The van der Waals surface area contributed by atoms with Crippen molar-refractivity contribution in [3.05, 3.63) is 91.6 Å². The van der Waals surface area contributed by atoms with E-state index in [2.05, 4.69) is 16.1 Å². The number of likely N-dealkylation sites (tertiary alicyclic amines) is 1. The minimum Gasteiger partial charge on any atom is -0.481 e. The predicted octanol–water partition coefficient (Wildman–Crippen LogP) is 8.59. The SMILES string of the molecule is C#Cc1cc(-c2c(C)cc(F)cc2C)c(F)c([C@H](CC(=O)O)NC(=O)[C@H](CC(C)C)n2cc(C3CCN(C4CCCC4)CC3)c(C(F)(F)F)cc2=O)c1F. The summed E-state index contributed by atoms with van der Waals surface area (Å²) in [6, 6.07) is 0.868. The second-order valence-electron chi connectivity index (χ2n) is 15.0. The monoisotopic (exact) mass is 757 g/mol. The Labute approximate surface area is 310 Å². The van der Waals surface area contributed by atoms with Gasteiger partial charge in [-0.05, 0) is 111 Å². The first-order valence-electron chi connectivity index (χ1n) is 18.3. The maximum Gasteiger partial charge on any atom is 0.416 e. The van der Waals surface area contributed by atoms with Gasteiger partial charge in [-0.1, -0.05) is 32.6 Å². The Kier molecular flexibility index (Phi) is 12.4. The molecule has 1 saturated heterocycles. The van der Waals surface area contributed by atoms with Crippen LogP contribution in [-0.2, 0) is 15.8 Å². The number of alkyl halides is 3. The number of piperidine rings is 1. The van der Waals surface area contributed by atoms with Crippen LogP contribution in [0.5, 0.6) is 0 Å². The third-order valence-electron chi connectivity index (χ3n) is 10.8. The number of halogens is 6. The minimum absolute atomic E-state index is 0.0783. The van der Waals surface area contributed by atoms with Gasteiger partial charge >= 0.3 is 12.1 Å². The fraction of sp³-hybridized carbons (Fsp3) is 0.488. The Balaban J connectivity index is 1.58. The molecule has 7 nitrogen and oxygen atoms in total. The first kappa shape index (κ1) is 40.6. The quantitative estimate of drug-likeness (QED) is 0.151. The lowest BCUT2D eigenvalue weighted by atomic mass is 9.86. The van der Waals surface area contributed by atoms with E-state index >= 15 is 8.78 Å². The molecular formula is C41H45F6N3O4. The van der Waals surface area contributed by atoms with Gasteiger partial charge in [0.2, 0.25) is 5.91 Å². The number of nitrogens with zero attached hydrogens (tertiary/aromatic N) is 2. The summed E-state index contributed by atoms with van der Waals surface area (Å²) in [5, 5.41) is 12.3. The summed E-state index contributed by atoms with van der Waals surface area (Å²) < 4.78 is 91.1. The number of carboxylic acid groups (broad SMARTS) is 1. The second-order valence-corrected chi connectivity index (χ2v) is 15.0. The molecule has 54 heavy (non-hydrogen) atoms. The number of aryl methyl sites for hydroxylation is 2. The van der Waals surface area contributed by atoms with Crippen LogP contribution in [0.1, 0.15) is 117 Å². The van der Waals surface area contributed by atoms with Gasteiger partial charge in [-0.15, -0.1) is 6.42 Å². The van der Waals surface area contributed by atoms with Crippen molar-refractivity contribution in [1.82, 2.24) is 14.8 Å². The Bertz CT molecular complexity index is 1980. The van der Waals surface area contributed by atoms with Crippen molar-refractivity contribution in [2.75, 3.05) is 13.1 Å². The van der Waals surface area contributed by atoms with E-state index in [-0.39, 0.29) is 40.2 Å². The number of benzene rings is 2. The molecule has 13 heteroatoms. The van der Waals surface area contributed by atoms with Gasteiger partial charge in [0, 0.05) is 29.4 Å². The third kappa shape index (κ3) is 8.70. The lowest BCUT2D eigenvalue weighted by Crippen LogP contribution is -2.42. The van der Waals surface area contributed by atoms with Crippen LogP contribution in [0.4, 0.5) is 26.3 Å². The van der Waals surface area contributed by atoms with E-state index in [1.165, 1.54) is 13.8 Å². The van der Waals surface area contributed by atoms with Gasteiger partial charge in [0.05, 0.1) is 23.6 Å². The lowest BCUT2D eigenvalue weighted by molar-refractivity contribution is -0.139. The molecule has 2 N–H and O–H groups in total. The average molecular weight is 758 g/mol. The van der Waals surface area contributed by atoms with Crippen LogP contribution in [0.25, 0.3) is 11.1 Å². The Hall–Kier alpha value is -4.57. The number of rotatable bonds is 11. The fourth-order valence-corrected chi connectivity index (χ4v) is 8.27. The molecule has 1 saturated carbocycles. The number of terminal acetylenes is 1. The van der Waals surface area contributed by atoms with Crippen LogP contribution in [0, 0.1) is 49.6 Å². The predicted molar refractivity (Wildman–Crippen MR) is 192 cm³/mol. The van der Waals surface area contributed by atoms with Crippen LogP contribution < -0.4 is 10.9 Å². The maximum atomic E-state index is 16.6. The molecule has 2 heterocycles.